The molecule has 0 saturated heterocycles. The zero-order chi connectivity index (χ0) is 21.8. The summed E-state index contributed by atoms with van der Waals surface area (Å²) in [6.07, 6.45) is 0. The molecule has 0 bridgehead atoms. The number of fused-ring (bicyclic) bond motifs is 4. The third-order valence-electron chi connectivity index (χ3n) is 6.65. The van der Waals surface area contributed by atoms with Crippen LogP contribution in [0.1, 0.15) is 49.9 Å². The Bertz CT molecular complexity index is 1380. The van der Waals surface area contributed by atoms with Crippen LogP contribution in [-0.2, 0) is 15.9 Å². The molecule has 31 heavy (non-hydrogen) atoms. The van der Waals surface area contributed by atoms with Crippen molar-refractivity contribution in [2.75, 3.05) is 7.11 Å². The van der Waals surface area contributed by atoms with Crippen molar-refractivity contribution in [3.05, 3.63) is 95.1 Å². The second-order valence-electron chi connectivity index (χ2n) is 9.30. The summed E-state index contributed by atoms with van der Waals surface area (Å²) in [6.45, 7) is 8.82. The van der Waals surface area contributed by atoms with E-state index in [1.165, 1.54) is 32.7 Å². The highest BCUT2D eigenvalue weighted by Gasteiger charge is 2.49. The van der Waals surface area contributed by atoms with E-state index in [0.717, 1.165) is 11.1 Å². The molecule has 4 aromatic carbocycles. The van der Waals surface area contributed by atoms with Crippen LogP contribution in [-0.4, -0.2) is 12.2 Å². The Balaban J connectivity index is 1.64. The topological polar surface area (TPSA) is 12.5 Å². The molecule has 0 aromatic heterocycles. The fourth-order valence-corrected chi connectivity index (χ4v) is 5.33. The van der Waals surface area contributed by atoms with Crippen molar-refractivity contribution in [3.63, 3.8) is 0 Å². The molecule has 0 unspecified atom stereocenters. The first-order valence-corrected chi connectivity index (χ1v) is 10.8. The van der Waals surface area contributed by atoms with E-state index < -0.39 is 0 Å². The molecule has 1 aliphatic heterocycles. The van der Waals surface area contributed by atoms with E-state index in [4.69, 9.17) is 4.84 Å². The minimum absolute atomic E-state index is 0.186. The Kier molecular flexibility index (Phi) is 4.45. The van der Waals surface area contributed by atoms with Crippen molar-refractivity contribution in [3.8, 4) is 11.8 Å². The quantitative estimate of drug-likeness (QED) is 0.257. The molecular weight excluding hydrogens is 378 g/mol. The van der Waals surface area contributed by atoms with Gasteiger partial charge in [0.25, 0.3) is 0 Å². The van der Waals surface area contributed by atoms with E-state index >= 15 is 0 Å². The summed E-state index contributed by atoms with van der Waals surface area (Å²) >= 11 is 0. The average Bonchev–Trinajstić information content (AvgIpc) is 2.92. The van der Waals surface area contributed by atoms with E-state index in [1.807, 2.05) is 0 Å². The van der Waals surface area contributed by atoms with Gasteiger partial charge in [-0.3, -0.25) is 0 Å². The van der Waals surface area contributed by atoms with Gasteiger partial charge >= 0.3 is 0 Å². The second-order valence-corrected chi connectivity index (χ2v) is 9.30. The smallest absolute Gasteiger partial charge is 0.0668 e. The lowest BCUT2D eigenvalue weighted by Crippen LogP contribution is -2.44. The van der Waals surface area contributed by atoms with Gasteiger partial charge in [0, 0.05) is 11.1 Å². The summed E-state index contributed by atoms with van der Waals surface area (Å²) < 4.78 is 0. The number of hydrogen-bond donors (Lipinski definition) is 0. The van der Waals surface area contributed by atoms with Crippen LogP contribution < -0.4 is 0 Å². The number of rotatable bonds is 1. The number of benzene rings is 4. The van der Waals surface area contributed by atoms with Gasteiger partial charge in [0.2, 0.25) is 0 Å². The zero-order valence-corrected chi connectivity index (χ0v) is 18.8. The monoisotopic (exact) mass is 405 g/mol. The predicted octanol–water partition coefficient (Wildman–Crippen LogP) is 6.74. The maximum atomic E-state index is 5.78. The minimum atomic E-state index is -0.221. The lowest BCUT2D eigenvalue weighted by molar-refractivity contribution is -0.241. The van der Waals surface area contributed by atoms with Crippen LogP contribution in [0.4, 0.5) is 0 Å². The van der Waals surface area contributed by atoms with E-state index in [9.17, 15) is 0 Å². The largest absolute Gasteiger partial charge is 0.301 e. The molecule has 1 heterocycles. The van der Waals surface area contributed by atoms with Crippen LogP contribution in [0.2, 0.25) is 0 Å². The molecule has 0 radical (unpaired) electrons. The molecule has 2 heteroatoms. The molecule has 154 valence electrons. The highest BCUT2D eigenvalue weighted by Crippen LogP contribution is 2.49. The Labute approximate surface area is 184 Å². The van der Waals surface area contributed by atoms with Gasteiger partial charge in [-0.25, -0.2) is 0 Å². The maximum Gasteiger partial charge on any atom is 0.0668 e. The van der Waals surface area contributed by atoms with E-state index in [-0.39, 0.29) is 11.1 Å². The van der Waals surface area contributed by atoms with Crippen molar-refractivity contribution in [1.29, 1.82) is 0 Å². The molecule has 0 saturated carbocycles. The fraction of sp³-hybridized carbons (Fsp3) is 0.241. The van der Waals surface area contributed by atoms with Crippen molar-refractivity contribution in [2.24, 2.45) is 0 Å². The predicted molar refractivity (Wildman–Crippen MR) is 129 cm³/mol. The second kappa shape index (κ2) is 6.95. The molecule has 0 aliphatic carbocycles. The van der Waals surface area contributed by atoms with Gasteiger partial charge in [-0.2, -0.15) is 5.06 Å². The first-order chi connectivity index (χ1) is 14.8. The van der Waals surface area contributed by atoms with Crippen LogP contribution in [0, 0.1) is 11.8 Å². The summed E-state index contributed by atoms with van der Waals surface area (Å²) in [6, 6.07) is 25.8. The lowest BCUT2D eigenvalue weighted by atomic mass is 9.89. The first kappa shape index (κ1) is 19.8. The van der Waals surface area contributed by atoms with Crippen LogP contribution in [0.15, 0.2) is 72.8 Å². The van der Waals surface area contributed by atoms with Crippen molar-refractivity contribution < 1.29 is 4.84 Å². The minimum Gasteiger partial charge on any atom is -0.301 e. The number of hydrogen-bond acceptors (Lipinski definition) is 2. The van der Waals surface area contributed by atoms with Crippen molar-refractivity contribution in [1.82, 2.24) is 5.06 Å². The van der Waals surface area contributed by atoms with Gasteiger partial charge in [0.05, 0.1) is 18.2 Å². The van der Waals surface area contributed by atoms with Gasteiger partial charge in [-0.15, -0.1) is 0 Å². The molecule has 0 amide bonds. The normalized spacial score (nSPS) is 16.8. The van der Waals surface area contributed by atoms with Crippen LogP contribution in [0.25, 0.3) is 21.5 Å². The van der Waals surface area contributed by atoms with E-state index in [0.29, 0.717) is 0 Å². The highest BCUT2D eigenvalue weighted by atomic mass is 16.7. The molecule has 1 aliphatic rings. The fourth-order valence-electron chi connectivity index (χ4n) is 5.33. The standard InChI is InChI=1S/C29H27NO/c1-28(2)26-17-15-20(18-27(26)29(3,4)30(28)31-5)14-16-22-19-21-10-6-7-11-23(21)25-13-9-8-12-24(22)25/h6-13,15,17-19H,1-5H3. The van der Waals surface area contributed by atoms with Crippen molar-refractivity contribution >= 4 is 21.5 Å². The summed E-state index contributed by atoms with van der Waals surface area (Å²) in [5.41, 5.74) is 4.25. The summed E-state index contributed by atoms with van der Waals surface area (Å²) in [5.74, 6) is 6.90. The molecule has 0 atom stereocenters. The molecule has 0 N–H and O–H groups in total. The van der Waals surface area contributed by atoms with E-state index in [1.54, 1.807) is 7.11 Å². The molecule has 0 spiro atoms. The SMILES string of the molecule is CON1C(C)(C)c2ccc(C#Cc3cc4ccccc4c4ccccc34)cc2C1(C)C. The molecule has 4 aromatic rings. The van der Waals surface area contributed by atoms with Gasteiger partial charge in [-0.05, 0) is 78.6 Å². The highest BCUT2D eigenvalue weighted by molar-refractivity contribution is 6.09. The lowest BCUT2D eigenvalue weighted by Gasteiger charge is -2.38. The molecular formula is C29H27NO. The Hall–Kier alpha value is -3.12. The van der Waals surface area contributed by atoms with E-state index in [2.05, 4.69) is 117 Å². The molecule has 5 rings (SSSR count). The van der Waals surface area contributed by atoms with Gasteiger partial charge in [0.15, 0.2) is 0 Å². The summed E-state index contributed by atoms with van der Waals surface area (Å²) in [4.78, 5) is 5.78. The first-order valence-electron chi connectivity index (χ1n) is 10.8. The summed E-state index contributed by atoms with van der Waals surface area (Å²) in [7, 11) is 1.75. The van der Waals surface area contributed by atoms with Crippen molar-refractivity contribution in [2.45, 2.75) is 38.8 Å². The number of hydroxylamine groups is 2. The Morgan fingerprint density at radius 3 is 2.06 bits per heavy atom. The van der Waals surface area contributed by atoms with Gasteiger partial charge < -0.3 is 4.84 Å². The summed E-state index contributed by atoms with van der Waals surface area (Å²) in [5, 5.41) is 7.01. The average molecular weight is 406 g/mol. The molecule has 0 fully saturated rings. The zero-order valence-electron chi connectivity index (χ0n) is 18.8. The Morgan fingerprint density at radius 2 is 1.32 bits per heavy atom. The number of nitrogens with zero attached hydrogens (tertiary/aromatic N) is 1. The van der Waals surface area contributed by atoms with Gasteiger partial charge in [0.1, 0.15) is 0 Å². The Morgan fingerprint density at radius 1 is 0.677 bits per heavy atom. The van der Waals surface area contributed by atoms with Crippen LogP contribution in [0.5, 0.6) is 0 Å². The van der Waals surface area contributed by atoms with Gasteiger partial charge in [-0.1, -0.05) is 66.4 Å². The van der Waals surface area contributed by atoms with Crippen LogP contribution in [0.3, 0.4) is 0 Å². The third-order valence-corrected chi connectivity index (χ3v) is 6.65. The molecule has 2 nitrogen and oxygen atoms in total. The maximum absolute atomic E-state index is 5.78. The van der Waals surface area contributed by atoms with Crippen LogP contribution >= 0.6 is 0 Å². The third kappa shape index (κ3) is 2.97.